The molecular formula is C27H26Cl2N4O3. The third-order valence-electron chi connectivity index (χ3n) is 7.42. The Morgan fingerprint density at radius 1 is 1.08 bits per heavy atom. The maximum atomic E-state index is 13.2. The van der Waals surface area contributed by atoms with Crippen molar-refractivity contribution in [1.82, 2.24) is 14.7 Å². The van der Waals surface area contributed by atoms with Gasteiger partial charge in [-0.25, -0.2) is 4.98 Å². The number of hydrogen-bond donors (Lipinski definition) is 1. The number of hydrogen-bond acceptors (Lipinski definition) is 5. The molecule has 0 radical (unpaired) electrons. The van der Waals surface area contributed by atoms with Crippen molar-refractivity contribution in [3.8, 4) is 11.1 Å². The number of aromatic nitrogens is 3. The molecule has 186 valence electrons. The molecule has 2 aromatic heterocycles. The van der Waals surface area contributed by atoms with Gasteiger partial charge in [0.15, 0.2) is 0 Å². The summed E-state index contributed by atoms with van der Waals surface area (Å²) in [5.74, 6) is 1.63. The Morgan fingerprint density at radius 2 is 1.89 bits per heavy atom. The Kier molecular flexibility index (Phi) is 5.82. The minimum atomic E-state index is -0.318. The van der Waals surface area contributed by atoms with Gasteiger partial charge in [-0.15, -0.1) is 0 Å². The van der Waals surface area contributed by atoms with Gasteiger partial charge in [0.1, 0.15) is 11.6 Å². The van der Waals surface area contributed by atoms with Gasteiger partial charge in [0, 0.05) is 23.7 Å². The molecule has 9 heteroatoms. The number of carbonyl (C=O) groups excluding carboxylic acids is 1. The SMILES string of the molecule is Cc1noc(C)c1-c1ccc2c(c1)nc([C@@H]1CCCC(=O)N1c1ccc(Cl)c(Cl)c1)n2[C@H]1C[C@H](O)C1. The van der Waals surface area contributed by atoms with E-state index in [-0.39, 0.29) is 24.1 Å². The largest absolute Gasteiger partial charge is 0.393 e. The fourth-order valence-corrected chi connectivity index (χ4v) is 5.92. The number of halogens is 2. The Hall–Kier alpha value is -2.87. The molecule has 6 rings (SSSR count). The van der Waals surface area contributed by atoms with Crippen LogP contribution in [-0.2, 0) is 4.79 Å². The van der Waals surface area contributed by atoms with E-state index < -0.39 is 0 Å². The van der Waals surface area contributed by atoms with Crippen LogP contribution < -0.4 is 4.90 Å². The topological polar surface area (TPSA) is 84.4 Å². The summed E-state index contributed by atoms with van der Waals surface area (Å²) in [6.07, 6.45) is 3.04. The van der Waals surface area contributed by atoms with Crippen molar-refractivity contribution >= 4 is 45.8 Å². The van der Waals surface area contributed by atoms with Gasteiger partial charge in [0.05, 0.1) is 38.9 Å². The first-order chi connectivity index (χ1) is 17.3. The first-order valence-electron chi connectivity index (χ1n) is 12.2. The molecule has 1 atom stereocenters. The highest BCUT2D eigenvalue weighted by atomic mass is 35.5. The van der Waals surface area contributed by atoms with Gasteiger partial charge in [-0.1, -0.05) is 34.4 Å². The lowest BCUT2D eigenvalue weighted by atomic mass is 9.88. The molecule has 7 nitrogen and oxygen atoms in total. The van der Waals surface area contributed by atoms with E-state index in [1.54, 1.807) is 12.1 Å². The lowest BCUT2D eigenvalue weighted by Gasteiger charge is -2.39. The van der Waals surface area contributed by atoms with Crippen molar-refractivity contribution in [2.75, 3.05) is 4.90 Å². The smallest absolute Gasteiger partial charge is 0.227 e. The lowest BCUT2D eigenvalue weighted by molar-refractivity contribution is -0.120. The Balaban J connectivity index is 1.51. The third-order valence-corrected chi connectivity index (χ3v) is 8.16. The fourth-order valence-electron chi connectivity index (χ4n) is 5.63. The predicted octanol–water partition coefficient (Wildman–Crippen LogP) is 6.57. The van der Waals surface area contributed by atoms with Gasteiger partial charge >= 0.3 is 0 Å². The number of amides is 1. The quantitative estimate of drug-likeness (QED) is 0.326. The monoisotopic (exact) mass is 524 g/mol. The van der Waals surface area contributed by atoms with Crippen molar-refractivity contribution < 1.29 is 14.4 Å². The molecule has 2 aliphatic rings. The number of benzene rings is 2. The number of imidazole rings is 1. The Bertz CT molecular complexity index is 1470. The van der Waals surface area contributed by atoms with Crippen molar-refractivity contribution in [1.29, 1.82) is 0 Å². The van der Waals surface area contributed by atoms with E-state index in [4.69, 9.17) is 32.7 Å². The van der Waals surface area contributed by atoms with Crippen molar-refractivity contribution in [3.05, 3.63) is 63.7 Å². The maximum Gasteiger partial charge on any atom is 0.227 e. The molecule has 1 amide bonds. The second kappa shape index (κ2) is 8.91. The minimum absolute atomic E-state index is 0.0355. The molecule has 0 unspecified atom stereocenters. The number of nitrogens with zero attached hydrogens (tertiary/aromatic N) is 4. The molecule has 0 spiro atoms. The molecule has 0 bridgehead atoms. The average Bonchev–Trinajstić information content (AvgIpc) is 3.37. The number of aliphatic hydroxyl groups is 1. The van der Waals surface area contributed by atoms with E-state index in [0.29, 0.717) is 35.0 Å². The summed E-state index contributed by atoms with van der Waals surface area (Å²) in [4.78, 5) is 20.2. The highest BCUT2D eigenvalue weighted by molar-refractivity contribution is 6.42. The number of rotatable bonds is 4. The van der Waals surface area contributed by atoms with Crippen LogP contribution in [0, 0.1) is 13.8 Å². The molecule has 2 fully saturated rings. The average molecular weight is 525 g/mol. The number of aryl methyl sites for hydroxylation is 2. The minimum Gasteiger partial charge on any atom is -0.393 e. The molecular weight excluding hydrogens is 499 g/mol. The predicted molar refractivity (Wildman–Crippen MR) is 140 cm³/mol. The standard InChI is InChI=1S/C27H26Cl2N4O3/c1-14-26(15(2)36-31-14)16-6-9-23-22(10-16)30-27(33(23)18-11-19(34)12-18)24-4-3-5-25(35)32(24)17-7-8-20(28)21(29)13-17/h6-10,13,18-19,24,34H,3-5,11-12H2,1-2H3/t18-,19-,24-/m0/s1. The van der Waals surface area contributed by atoms with Gasteiger partial charge in [0.2, 0.25) is 5.91 Å². The van der Waals surface area contributed by atoms with Crippen molar-refractivity contribution in [2.24, 2.45) is 0 Å². The summed E-state index contributed by atoms with van der Waals surface area (Å²) in [7, 11) is 0. The zero-order valence-electron chi connectivity index (χ0n) is 20.0. The van der Waals surface area contributed by atoms with E-state index in [9.17, 15) is 9.90 Å². The summed E-state index contributed by atoms with van der Waals surface area (Å²) < 4.78 is 7.62. The molecule has 1 saturated carbocycles. The van der Waals surface area contributed by atoms with Crippen LogP contribution in [0.15, 0.2) is 40.9 Å². The molecule has 36 heavy (non-hydrogen) atoms. The van der Waals surface area contributed by atoms with Crippen LogP contribution in [0.2, 0.25) is 10.0 Å². The van der Waals surface area contributed by atoms with E-state index in [1.165, 1.54) is 0 Å². The number of piperidine rings is 1. The molecule has 1 saturated heterocycles. The molecule has 2 aromatic carbocycles. The van der Waals surface area contributed by atoms with E-state index in [2.05, 4.69) is 27.9 Å². The zero-order valence-corrected chi connectivity index (χ0v) is 21.6. The van der Waals surface area contributed by atoms with E-state index in [1.807, 2.05) is 24.8 Å². The molecule has 4 aromatic rings. The first-order valence-corrected chi connectivity index (χ1v) is 13.0. The van der Waals surface area contributed by atoms with Gasteiger partial charge in [-0.2, -0.15) is 0 Å². The molecule has 3 heterocycles. The Labute approximate surface area is 218 Å². The van der Waals surface area contributed by atoms with Gasteiger partial charge in [0.25, 0.3) is 0 Å². The first kappa shape index (κ1) is 23.5. The van der Waals surface area contributed by atoms with Gasteiger partial charge in [-0.3, -0.25) is 4.79 Å². The van der Waals surface area contributed by atoms with Crippen LogP contribution in [0.5, 0.6) is 0 Å². The van der Waals surface area contributed by atoms with Crippen LogP contribution in [0.3, 0.4) is 0 Å². The van der Waals surface area contributed by atoms with Crippen molar-refractivity contribution in [2.45, 2.75) is 64.1 Å². The third kappa shape index (κ3) is 3.81. The van der Waals surface area contributed by atoms with Gasteiger partial charge in [-0.05, 0) is 75.4 Å². The normalized spacial score (nSPS) is 22.3. The molecule has 1 aliphatic carbocycles. The number of fused-ring (bicyclic) bond motifs is 1. The highest BCUT2D eigenvalue weighted by Crippen LogP contribution is 2.43. The van der Waals surface area contributed by atoms with Crippen LogP contribution >= 0.6 is 23.2 Å². The molecule has 1 N–H and O–H groups in total. The van der Waals surface area contributed by atoms with Crippen LogP contribution in [0.25, 0.3) is 22.2 Å². The summed E-state index contributed by atoms with van der Waals surface area (Å²) in [6, 6.07) is 11.4. The van der Waals surface area contributed by atoms with Crippen LogP contribution in [-0.4, -0.2) is 31.8 Å². The fraction of sp³-hybridized carbons (Fsp3) is 0.370. The maximum absolute atomic E-state index is 13.2. The van der Waals surface area contributed by atoms with Crippen LogP contribution in [0.4, 0.5) is 5.69 Å². The summed E-state index contributed by atoms with van der Waals surface area (Å²) in [5, 5.41) is 15.1. The van der Waals surface area contributed by atoms with Crippen molar-refractivity contribution in [3.63, 3.8) is 0 Å². The second-order valence-electron chi connectivity index (χ2n) is 9.79. The molecule has 1 aliphatic heterocycles. The summed E-state index contributed by atoms with van der Waals surface area (Å²) in [5.41, 5.74) is 5.34. The second-order valence-corrected chi connectivity index (χ2v) is 10.6. The van der Waals surface area contributed by atoms with E-state index >= 15 is 0 Å². The summed E-state index contributed by atoms with van der Waals surface area (Å²) >= 11 is 12.5. The van der Waals surface area contributed by atoms with Gasteiger partial charge < -0.3 is 19.1 Å². The summed E-state index contributed by atoms with van der Waals surface area (Å²) in [6.45, 7) is 3.83. The van der Waals surface area contributed by atoms with Crippen LogP contribution in [0.1, 0.15) is 61.5 Å². The lowest BCUT2D eigenvalue weighted by Crippen LogP contribution is -2.41. The highest BCUT2D eigenvalue weighted by Gasteiger charge is 2.38. The number of carbonyl (C=O) groups is 1. The number of anilines is 1. The van der Waals surface area contributed by atoms with E-state index in [0.717, 1.165) is 52.3 Å². The number of aliphatic hydroxyl groups excluding tert-OH is 1. The Morgan fingerprint density at radius 3 is 2.58 bits per heavy atom. The zero-order chi connectivity index (χ0) is 25.1.